The number of fused-ring (bicyclic) bond motifs is 1. The molecule has 6 heteroatoms. The first kappa shape index (κ1) is 16.1. The summed E-state index contributed by atoms with van der Waals surface area (Å²) >= 11 is 0. The van der Waals surface area contributed by atoms with Crippen molar-refractivity contribution in [3.8, 4) is 11.5 Å². The molecule has 1 amide bonds. The van der Waals surface area contributed by atoms with Gasteiger partial charge < -0.3 is 19.4 Å². The second kappa shape index (κ2) is 6.78. The van der Waals surface area contributed by atoms with Crippen LogP contribution >= 0.6 is 0 Å². The largest absolute Gasteiger partial charge is 0.454 e. The molecule has 1 aliphatic heterocycles. The van der Waals surface area contributed by atoms with Gasteiger partial charge in [0.05, 0.1) is 22.7 Å². The van der Waals surface area contributed by atoms with E-state index in [1.807, 2.05) is 39.1 Å². The van der Waals surface area contributed by atoms with Crippen LogP contribution in [0.3, 0.4) is 0 Å². The second-order valence-electron chi connectivity index (χ2n) is 5.48. The molecule has 0 saturated heterocycles. The quantitative estimate of drug-likeness (QED) is 0.856. The van der Waals surface area contributed by atoms with Gasteiger partial charge in [-0.1, -0.05) is 0 Å². The number of H-pyrrole nitrogens is 1. The van der Waals surface area contributed by atoms with E-state index >= 15 is 0 Å². The van der Waals surface area contributed by atoms with Crippen LogP contribution < -0.4 is 9.47 Å². The van der Waals surface area contributed by atoms with E-state index in [0.29, 0.717) is 35.8 Å². The van der Waals surface area contributed by atoms with Crippen molar-refractivity contribution >= 4 is 17.3 Å². The molecular formula is C18H21N3O3. The Kier molecular flexibility index (Phi) is 4.55. The van der Waals surface area contributed by atoms with Gasteiger partial charge in [0.25, 0.3) is 5.91 Å². The van der Waals surface area contributed by atoms with Crippen molar-refractivity contribution in [2.24, 2.45) is 4.99 Å². The molecule has 0 unspecified atom stereocenters. The summed E-state index contributed by atoms with van der Waals surface area (Å²) in [4.78, 5) is 22.4. The number of benzene rings is 1. The Morgan fingerprint density at radius 2 is 1.96 bits per heavy atom. The van der Waals surface area contributed by atoms with E-state index in [1.165, 1.54) is 0 Å². The summed E-state index contributed by atoms with van der Waals surface area (Å²) in [6, 6.07) is 7.35. The Morgan fingerprint density at radius 1 is 1.25 bits per heavy atom. The third kappa shape index (κ3) is 2.99. The van der Waals surface area contributed by atoms with E-state index in [2.05, 4.69) is 9.98 Å². The van der Waals surface area contributed by atoms with Crippen molar-refractivity contribution in [1.82, 2.24) is 9.88 Å². The van der Waals surface area contributed by atoms with Crippen LogP contribution in [0.4, 0.5) is 5.69 Å². The molecule has 1 N–H and O–H groups in total. The summed E-state index contributed by atoms with van der Waals surface area (Å²) < 4.78 is 10.9. The molecule has 0 aliphatic carbocycles. The predicted octanol–water partition coefficient (Wildman–Crippen LogP) is 3.37. The molecule has 0 spiro atoms. The molecular weight excluding hydrogens is 306 g/mol. The van der Waals surface area contributed by atoms with E-state index in [0.717, 1.165) is 11.4 Å². The van der Waals surface area contributed by atoms with Crippen LogP contribution in [0.1, 0.15) is 36.8 Å². The average molecular weight is 327 g/mol. The standard InChI is InChI=1S/C18H21N3O3/c1-4-21(5-2)18(22)13-9-16-17(24-11-23-16)10-15(13)20-12(3)14-7-6-8-19-14/h6-10,19H,4-5,11H2,1-3H3. The zero-order chi connectivity index (χ0) is 17.1. The molecule has 24 heavy (non-hydrogen) atoms. The van der Waals surface area contributed by atoms with Gasteiger partial charge in [0.15, 0.2) is 11.5 Å². The predicted molar refractivity (Wildman–Crippen MR) is 92.5 cm³/mol. The van der Waals surface area contributed by atoms with Crippen molar-refractivity contribution in [3.63, 3.8) is 0 Å². The van der Waals surface area contributed by atoms with Gasteiger partial charge in [-0.05, 0) is 39.0 Å². The van der Waals surface area contributed by atoms with Gasteiger partial charge in [0.1, 0.15) is 0 Å². The van der Waals surface area contributed by atoms with Crippen molar-refractivity contribution < 1.29 is 14.3 Å². The van der Waals surface area contributed by atoms with Crippen LogP contribution in [0.25, 0.3) is 0 Å². The summed E-state index contributed by atoms with van der Waals surface area (Å²) in [5.41, 5.74) is 2.82. The maximum atomic E-state index is 12.8. The van der Waals surface area contributed by atoms with Crippen molar-refractivity contribution in [3.05, 3.63) is 41.7 Å². The van der Waals surface area contributed by atoms with Gasteiger partial charge in [0, 0.05) is 25.4 Å². The highest BCUT2D eigenvalue weighted by molar-refractivity contribution is 6.04. The summed E-state index contributed by atoms with van der Waals surface area (Å²) in [5, 5.41) is 0. The number of amides is 1. The fourth-order valence-corrected chi connectivity index (χ4v) is 2.67. The number of aromatic nitrogens is 1. The lowest BCUT2D eigenvalue weighted by atomic mass is 10.1. The Hall–Kier alpha value is -2.76. The molecule has 0 fully saturated rings. The molecule has 1 aromatic carbocycles. The van der Waals surface area contributed by atoms with Crippen LogP contribution in [-0.2, 0) is 0 Å². The van der Waals surface area contributed by atoms with Crippen LogP contribution in [0.15, 0.2) is 35.5 Å². The Labute approximate surface area is 141 Å². The first-order valence-electron chi connectivity index (χ1n) is 8.06. The lowest BCUT2D eigenvalue weighted by Crippen LogP contribution is -2.30. The SMILES string of the molecule is CCN(CC)C(=O)c1cc2c(cc1N=C(C)c1ccc[nH]1)OCO2. The van der Waals surface area contributed by atoms with Crippen LogP contribution in [0.5, 0.6) is 11.5 Å². The third-order valence-electron chi connectivity index (χ3n) is 4.05. The molecule has 0 saturated carbocycles. The monoisotopic (exact) mass is 327 g/mol. The van der Waals surface area contributed by atoms with Crippen LogP contribution in [0, 0.1) is 0 Å². The normalized spacial score (nSPS) is 13.2. The fourth-order valence-electron chi connectivity index (χ4n) is 2.67. The summed E-state index contributed by atoms with van der Waals surface area (Å²) in [6.07, 6.45) is 1.84. The Morgan fingerprint density at radius 3 is 2.58 bits per heavy atom. The fraction of sp³-hybridized carbons (Fsp3) is 0.333. The molecule has 0 radical (unpaired) electrons. The number of ether oxygens (including phenoxy) is 2. The van der Waals surface area contributed by atoms with Crippen molar-refractivity contribution in [1.29, 1.82) is 0 Å². The van der Waals surface area contributed by atoms with Crippen molar-refractivity contribution in [2.75, 3.05) is 19.9 Å². The maximum Gasteiger partial charge on any atom is 0.256 e. The molecule has 0 bridgehead atoms. The van der Waals surface area contributed by atoms with E-state index in [1.54, 1.807) is 17.0 Å². The molecule has 1 aromatic heterocycles. The number of nitrogens with one attached hydrogen (secondary N) is 1. The number of hydrogen-bond acceptors (Lipinski definition) is 4. The van der Waals surface area contributed by atoms with E-state index in [-0.39, 0.29) is 12.7 Å². The second-order valence-corrected chi connectivity index (χ2v) is 5.48. The summed E-state index contributed by atoms with van der Waals surface area (Å²) in [5.74, 6) is 1.14. The van der Waals surface area contributed by atoms with Crippen molar-refractivity contribution in [2.45, 2.75) is 20.8 Å². The number of carbonyl (C=O) groups is 1. The third-order valence-corrected chi connectivity index (χ3v) is 4.05. The highest BCUT2D eigenvalue weighted by Crippen LogP contribution is 2.39. The zero-order valence-corrected chi connectivity index (χ0v) is 14.1. The number of aromatic amines is 1. The smallest absolute Gasteiger partial charge is 0.256 e. The van der Waals surface area contributed by atoms with E-state index in [9.17, 15) is 4.79 Å². The highest BCUT2D eigenvalue weighted by atomic mass is 16.7. The zero-order valence-electron chi connectivity index (χ0n) is 14.1. The molecule has 2 heterocycles. The molecule has 3 rings (SSSR count). The maximum absolute atomic E-state index is 12.8. The van der Waals surface area contributed by atoms with Gasteiger partial charge in [-0.15, -0.1) is 0 Å². The minimum atomic E-state index is -0.0589. The van der Waals surface area contributed by atoms with Gasteiger partial charge in [-0.2, -0.15) is 0 Å². The van der Waals surface area contributed by atoms with Gasteiger partial charge >= 0.3 is 0 Å². The first-order chi connectivity index (χ1) is 11.6. The van der Waals surface area contributed by atoms with Gasteiger partial charge in [0.2, 0.25) is 6.79 Å². The highest BCUT2D eigenvalue weighted by Gasteiger charge is 2.23. The first-order valence-corrected chi connectivity index (χ1v) is 8.06. The minimum absolute atomic E-state index is 0.0589. The average Bonchev–Trinajstić information content (AvgIpc) is 3.26. The molecule has 1 aliphatic rings. The lowest BCUT2D eigenvalue weighted by Gasteiger charge is -2.20. The summed E-state index contributed by atoms with van der Waals surface area (Å²) in [7, 11) is 0. The number of nitrogens with zero attached hydrogens (tertiary/aromatic N) is 2. The molecule has 2 aromatic rings. The Balaban J connectivity index is 2.07. The van der Waals surface area contributed by atoms with Gasteiger partial charge in [-0.3, -0.25) is 9.79 Å². The number of hydrogen-bond donors (Lipinski definition) is 1. The van der Waals surface area contributed by atoms with E-state index < -0.39 is 0 Å². The summed E-state index contributed by atoms with van der Waals surface area (Å²) in [6.45, 7) is 7.27. The molecule has 0 atom stereocenters. The topological polar surface area (TPSA) is 66.9 Å². The van der Waals surface area contributed by atoms with E-state index in [4.69, 9.17) is 9.47 Å². The molecule has 126 valence electrons. The minimum Gasteiger partial charge on any atom is -0.454 e. The van der Waals surface area contributed by atoms with Crippen LogP contribution in [-0.4, -0.2) is 41.4 Å². The van der Waals surface area contributed by atoms with Gasteiger partial charge in [-0.25, -0.2) is 0 Å². The molecule has 6 nitrogen and oxygen atoms in total. The Bertz CT molecular complexity index is 762. The number of aliphatic imine (C=N–C) groups is 1. The number of rotatable bonds is 5. The van der Waals surface area contributed by atoms with Crippen LogP contribution in [0.2, 0.25) is 0 Å². The lowest BCUT2D eigenvalue weighted by molar-refractivity contribution is 0.0773. The number of carbonyl (C=O) groups excluding carboxylic acids is 1.